The zero-order chi connectivity index (χ0) is 11.1. The Morgan fingerprint density at radius 3 is 2.69 bits per heavy atom. The SMILES string of the molecule is Nc1nc(N)c2c(n1)-c1ccccc1CC2. The van der Waals surface area contributed by atoms with Crippen LogP contribution < -0.4 is 11.5 Å². The second-order valence-corrected chi connectivity index (χ2v) is 3.95. The van der Waals surface area contributed by atoms with Crippen LogP contribution in [0.25, 0.3) is 11.3 Å². The number of hydrogen-bond acceptors (Lipinski definition) is 4. The van der Waals surface area contributed by atoms with E-state index in [0.717, 1.165) is 29.7 Å². The van der Waals surface area contributed by atoms with Crippen molar-refractivity contribution in [3.63, 3.8) is 0 Å². The lowest BCUT2D eigenvalue weighted by molar-refractivity contribution is 0.919. The van der Waals surface area contributed by atoms with Crippen molar-refractivity contribution in [2.75, 3.05) is 11.5 Å². The molecular weight excluding hydrogens is 200 g/mol. The van der Waals surface area contributed by atoms with Gasteiger partial charge in [0.1, 0.15) is 5.82 Å². The number of fused-ring (bicyclic) bond motifs is 3. The molecule has 4 nitrogen and oxygen atoms in total. The topological polar surface area (TPSA) is 77.8 Å². The highest BCUT2D eigenvalue weighted by Gasteiger charge is 2.20. The fourth-order valence-corrected chi connectivity index (χ4v) is 2.22. The van der Waals surface area contributed by atoms with Gasteiger partial charge in [0, 0.05) is 11.1 Å². The predicted octanol–water partition coefficient (Wildman–Crippen LogP) is 1.41. The van der Waals surface area contributed by atoms with Gasteiger partial charge in [-0.05, 0) is 18.4 Å². The van der Waals surface area contributed by atoms with Crippen LogP contribution in [0.2, 0.25) is 0 Å². The van der Waals surface area contributed by atoms with Crippen LogP contribution in [-0.2, 0) is 12.8 Å². The van der Waals surface area contributed by atoms with Crippen LogP contribution in [0, 0.1) is 0 Å². The van der Waals surface area contributed by atoms with Crippen LogP contribution >= 0.6 is 0 Å². The molecule has 80 valence electrons. The molecule has 0 unspecified atom stereocenters. The summed E-state index contributed by atoms with van der Waals surface area (Å²) in [7, 11) is 0. The number of benzene rings is 1. The molecule has 0 saturated heterocycles. The summed E-state index contributed by atoms with van der Waals surface area (Å²) in [6, 6.07) is 8.21. The Kier molecular flexibility index (Phi) is 1.83. The molecule has 0 fully saturated rings. The van der Waals surface area contributed by atoms with Crippen LogP contribution in [0.15, 0.2) is 24.3 Å². The Balaban J connectivity index is 2.31. The van der Waals surface area contributed by atoms with Crippen molar-refractivity contribution in [1.82, 2.24) is 9.97 Å². The van der Waals surface area contributed by atoms with E-state index in [9.17, 15) is 0 Å². The van der Waals surface area contributed by atoms with Crippen LogP contribution in [0.1, 0.15) is 11.1 Å². The average Bonchev–Trinajstić information content (AvgIpc) is 2.28. The van der Waals surface area contributed by atoms with Crippen molar-refractivity contribution < 1.29 is 0 Å². The second kappa shape index (κ2) is 3.20. The van der Waals surface area contributed by atoms with Crippen molar-refractivity contribution in [2.24, 2.45) is 0 Å². The summed E-state index contributed by atoms with van der Waals surface area (Å²) in [5.74, 6) is 0.755. The number of rotatable bonds is 0. The summed E-state index contributed by atoms with van der Waals surface area (Å²) >= 11 is 0. The molecule has 0 atom stereocenters. The minimum atomic E-state index is 0.243. The Morgan fingerprint density at radius 2 is 1.81 bits per heavy atom. The first-order valence-corrected chi connectivity index (χ1v) is 5.26. The Labute approximate surface area is 93.3 Å². The third-order valence-corrected chi connectivity index (χ3v) is 2.97. The zero-order valence-corrected chi connectivity index (χ0v) is 8.77. The number of nitrogens with two attached hydrogens (primary N) is 2. The normalized spacial score (nSPS) is 13.0. The first kappa shape index (κ1) is 9.15. The van der Waals surface area contributed by atoms with E-state index in [-0.39, 0.29) is 5.95 Å². The van der Waals surface area contributed by atoms with Gasteiger partial charge in [0.05, 0.1) is 5.69 Å². The third-order valence-electron chi connectivity index (χ3n) is 2.97. The molecule has 1 heterocycles. The number of aryl methyl sites for hydroxylation is 1. The molecule has 4 heteroatoms. The quantitative estimate of drug-likeness (QED) is 0.692. The summed E-state index contributed by atoms with van der Waals surface area (Å²) in [6.07, 6.45) is 1.87. The molecule has 1 aromatic heterocycles. The van der Waals surface area contributed by atoms with Crippen LogP contribution in [0.3, 0.4) is 0 Å². The summed E-state index contributed by atoms with van der Waals surface area (Å²) in [5, 5.41) is 0. The van der Waals surface area contributed by atoms with E-state index in [1.54, 1.807) is 0 Å². The number of nitrogens with zero attached hydrogens (tertiary/aromatic N) is 2. The monoisotopic (exact) mass is 212 g/mol. The van der Waals surface area contributed by atoms with Gasteiger partial charge in [-0.25, -0.2) is 4.98 Å². The van der Waals surface area contributed by atoms with E-state index in [4.69, 9.17) is 11.5 Å². The summed E-state index contributed by atoms with van der Waals surface area (Å²) in [5.41, 5.74) is 15.9. The average molecular weight is 212 g/mol. The van der Waals surface area contributed by atoms with E-state index in [1.807, 2.05) is 12.1 Å². The maximum absolute atomic E-state index is 5.87. The first-order valence-electron chi connectivity index (χ1n) is 5.26. The largest absolute Gasteiger partial charge is 0.383 e. The van der Waals surface area contributed by atoms with Crippen LogP contribution in [0.4, 0.5) is 11.8 Å². The highest BCUT2D eigenvalue weighted by molar-refractivity contribution is 5.74. The van der Waals surface area contributed by atoms with Crippen molar-refractivity contribution in [3.8, 4) is 11.3 Å². The lowest BCUT2D eigenvalue weighted by atomic mass is 9.89. The Morgan fingerprint density at radius 1 is 1.00 bits per heavy atom. The fourth-order valence-electron chi connectivity index (χ4n) is 2.22. The van der Waals surface area contributed by atoms with Gasteiger partial charge >= 0.3 is 0 Å². The lowest BCUT2D eigenvalue weighted by Gasteiger charge is -2.19. The molecule has 0 bridgehead atoms. The predicted molar refractivity (Wildman–Crippen MR) is 63.7 cm³/mol. The molecule has 1 aliphatic carbocycles. The van der Waals surface area contributed by atoms with Crippen LogP contribution in [-0.4, -0.2) is 9.97 Å². The number of hydrogen-bond donors (Lipinski definition) is 2. The van der Waals surface area contributed by atoms with E-state index >= 15 is 0 Å². The number of nitrogen functional groups attached to an aromatic ring is 2. The molecule has 3 rings (SSSR count). The number of aromatic nitrogens is 2. The first-order chi connectivity index (χ1) is 7.75. The van der Waals surface area contributed by atoms with Gasteiger partial charge in [-0.2, -0.15) is 4.98 Å². The van der Waals surface area contributed by atoms with Gasteiger partial charge in [-0.1, -0.05) is 24.3 Å². The maximum Gasteiger partial charge on any atom is 0.222 e. The van der Waals surface area contributed by atoms with Crippen molar-refractivity contribution in [2.45, 2.75) is 12.8 Å². The van der Waals surface area contributed by atoms with E-state index in [1.165, 1.54) is 5.56 Å². The Hall–Kier alpha value is -2.10. The molecule has 0 spiro atoms. The van der Waals surface area contributed by atoms with Gasteiger partial charge in [-0.3, -0.25) is 0 Å². The summed E-state index contributed by atoms with van der Waals surface area (Å²) < 4.78 is 0. The molecule has 0 amide bonds. The molecule has 1 aliphatic rings. The van der Waals surface area contributed by atoms with E-state index < -0.39 is 0 Å². The smallest absolute Gasteiger partial charge is 0.222 e. The minimum Gasteiger partial charge on any atom is -0.383 e. The van der Waals surface area contributed by atoms with Gasteiger partial charge in [0.15, 0.2) is 0 Å². The maximum atomic E-state index is 5.87. The summed E-state index contributed by atoms with van der Waals surface area (Å²) in [4.78, 5) is 8.31. The molecule has 4 N–H and O–H groups in total. The van der Waals surface area contributed by atoms with Gasteiger partial charge in [0.25, 0.3) is 0 Å². The highest BCUT2D eigenvalue weighted by atomic mass is 15.0. The highest BCUT2D eigenvalue weighted by Crippen LogP contribution is 2.34. The fraction of sp³-hybridized carbons (Fsp3) is 0.167. The van der Waals surface area contributed by atoms with Crippen molar-refractivity contribution >= 4 is 11.8 Å². The minimum absolute atomic E-state index is 0.243. The Bertz CT molecular complexity index is 563. The van der Waals surface area contributed by atoms with Gasteiger partial charge in [-0.15, -0.1) is 0 Å². The number of anilines is 2. The molecule has 0 aliphatic heterocycles. The summed E-state index contributed by atoms with van der Waals surface area (Å²) in [6.45, 7) is 0. The zero-order valence-electron chi connectivity index (χ0n) is 8.77. The molecular formula is C12H12N4. The van der Waals surface area contributed by atoms with E-state index in [0.29, 0.717) is 5.82 Å². The van der Waals surface area contributed by atoms with E-state index in [2.05, 4.69) is 22.1 Å². The van der Waals surface area contributed by atoms with Crippen molar-refractivity contribution in [3.05, 3.63) is 35.4 Å². The standard InChI is InChI=1S/C12H12N4/c13-11-9-6-5-7-3-1-2-4-8(7)10(9)15-12(14)16-11/h1-4H,5-6H2,(H4,13,14,15,16). The van der Waals surface area contributed by atoms with Gasteiger partial charge < -0.3 is 11.5 Å². The third kappa shape index (κ3) is 1.23. The second-order valence-electron chi connectivity index (χ2n) is 3.95. The van der Waals surface area contributed by atoms with Crippen molar-refractivity contribution in [1.29, 1.82) is 0 Å². The molecule has 1 aromatic carbocycles. The molecule has 16 heavy (non-hydrogen) atoms. The molecule has 0 saturated carbocycles. The lowest BCUT2D eigenvalue weighted by Crippen LogP contribution is -2.12. The van der Waals surface area contributed by atoms with Gasteiger partial charge in [0.2, 0.25) is 5.95 Å². The molecule has 0 radical (unpaired) electrons. The molecule has 2 aromatic rings. The van der Waals surface area contributed by atoms with Crippen LogP contribution in [0.5, 0.6) is 0 Å².